The van der Waals surface area contributed by atoms with Crippen molar-refractivity contribution in [1.82, 2.24) is 9.97 Å². The van der Waals surface area contributed by atoms with Gasteiger partial charge in [-0.05, 0) is 26.8 Å². The second-order valence-electron chi connectivity index (χ2n) is 5.98. The first-order chi connectivity index (χ1) is 10.6. The van der Waals surface area contributed by atoms with Crippen LogP contribution in [0.5, 0.6) is 11.6 Å². The smallest absolute Gasteiger partial charge is 0.234 e. The Labute approximate surface area is 130 Å². The standard InChI is InChI=1S/C17H21N3O2/c1-4-21-16-11-18-10-15(20-16)19-13-9-17(2,3)22-14-8-6-5-7-12(13)14/h5-8,10-11,13H,4,9H2,1-3H3,(H,19,20). The van der Waals surface area contributed by atoms with Crippen molar-refractivity contribution >= 4 is 5.82 Å². The summed E-state index contributed by atoms with van der Waals surface area (Å²) < 4.78 is 11.5. The summed E-state index contributed by atoms with van der Waals surface area (Å²) >= 11 is 0. The highest BCUT2D eigenvalue weighted by molar-refractivity contribution is 5.45. The Morgan fingerprint density at radius 1 is 1.32 bits per heavy atom. The lowest BCUT2D eigenvalue weighted by Gasteiger charge is -2.38. The number of hydrogen-bond acceptors (Lipinski definition) is 5. The van der Waals surface area contributed by atoms with E-state index in [-0.39, 0.29) is 11.6 Å². The summed E-state index contributed by atoms with van der Waals surface area (Å²) in [5.41, 5.74) is 0.919. The molecule has 1 aliphatic rings. The van der Waals surface area contributed by atoms with Crippen molar-refractivity contribution in [3.8, 4) is 11.6 Å². The van der Waals surface area contributed by atoms with Crippen molar-refractivity contribution in [1.29, 1.82) is 0 Å². The van der Waals surface area contributed by atoms with Crippen LogP contribution in [0.2, 0.25) is 0 Å². The van der Waals surface area contributed by atoms with E-state index >= 15 is 0 Å². The third-order valence-electron chi connectivity index (χ3n) is 3.60. The summed E-state index contributed by atoms with van der Waals surface area (Å²) in [5, 5.41) is 3.46. The zero-order valence-corrected chi connectivity index (χ0v) is 13.2. The molecule has 0 bridgehead atoms. The Morgan fingerprint density at radius 2 is 2.14 bits per heavy atom. The summed E-state index contributed by atoms with van der Waals surface area (Å²) in [4.78, 5) is 8.62. The van der Waals surface area contributed by atoms with Gasteiger partial charge in [0.15, 0.2) is 0 Å². The fourth-order valence-corrected chi connectivity index (χ4v) is 2.74. The summed E-state index contributed by atoms with van der Waals surface area (Å²) in [6, 6.07) is 8.24. The van der Waals surface area contributed by atoms with Gasteiger partial charge in [0, 0.05) is 12.0 Å². The van der Waals surface area contributed by atoms with Crippen molar-refractivity contribution in [2.45, 2.75) is 38.8 Å². The maximum Gasteiger partial charge on any atom is 0.234 e. The third kappa shape index (κ3) is 3.13. The Morgan fingerprint density at radius 3 is 2.95 bits per heavy atom. The molecule has 116 valence electrons. The van der Waals surface area contributed by atoms with Crippen molar-refractivity contribution in [3.05, 3.63) is 42.2 Å². The van der Waals surface area contributed by atoms with E-state index in [9.17, 15) is 0 Å². The van der Waals surface area contributed by atoms with Gasteiger partial charge in [-0.3, -0.25) is 4.98 Å². The van der Waals surface area contributed by atoms with Gasteiger partial charge in [0.05, 0.1) is 25.0 Å². The highest BCUT2D eigenvalue weighted by atomic mass is 16.5. The molecule has 0 amide bonds. The van der Waals surface area contributed by atoms with Crippen LogP contribution in [-0.2, 0) is 0 Å². The third-order valence-corrected chi connectivity index (χ3v) is 3.60. The van der Waals surface area contributed by atoms with Crippen LogP contribution in [0.1, 0.15) is 38.8 Å². The van der Waals surface area contributed by atoms with Crippen LogP contribution in [0.25, 0.3) is 0 Å². The Hall–Kier alpha value is -2.30. The predicted octanol–water partition coefficient (Wildman–Crippen LogP) is 3.59. The summed E-state index contributed by atoms with van der Waals surface area (Å²) in [6.07, 6.45) is 4.19. The SMILES string of the molecule is CCOc1cncc(NC2CC(C)(C)Oc3ccccc32)n1. The highest BCUT2D eigenvalue weighted by Crippen LogP contribution is 2.40. The second-order valence-corrected chi connectivity index (χ2v) is 5.98. The fraction of sp³-hybridized carbons (Fsp3) is 0.412. The van der Waals surface area contributed by atoms with E-state index in [1.165, 1.54) is 0 Å². The van der Waals surface area contributed by atoms with Crippen LogP contribution >= 0.6 is 0 Å². The summed E-state index contributed by atoms with van der Waals surface area (Å²) in [5.74, 6) is 2.17. The molecule has 1 aromatic heterocycles. The van der Waals surface area contributed by atoms with E-state index in [2.05, 4.69) is 35.2 Å². The maximum absolute atomic E-state index is 6.05. The van der Waals surface area contributed by atoms with Crippen LogP contribution in [0, 0.1) is 0 Å². The van der Waals surface area contributed by atoms with Crippen LogP contribution < -0.4 is 14.8 Å². The van der Waals surface area contributed by atoms with E-state index in [0.29, 0.717) is 18.3 Å². The van der Waals surface area contributed by atoms with Gasteiger partial charge in [0.2, 0.25) is 5.88 Å². The predicted molar refractivity (Wildman–Crippen MR) is 85.3 cm³/mol. The van der Waals surface area contributed by atoms with Gasteiger partial charge >= 0.3 is 0 Å². The highest BCUT2D eigenvalue weighted by Gasteiger charge is 2.33. The van der Waals surface area contributed by atoms with E-state index < -0.39 is 0 Å². The minimum atomic E-state index is -0.225. The van der Waals surface area contributed by atoms with Gasteiger partial charge in [-0.2, -0.15) is 4.98 Å². The number of nitrogens with one attached hydrogen (secondary N) is 1. The number of aromatic nitrogens is 2. The number of benzene rings is 1. The first-order valence-electron chi connectivity index (χ1n) is 7.57. The number of ether oxygens (including phenoxy) is 2. The Balaban J connectivity index is 1.87. The molecule has 2 heterocycles. The Kier molecular flexibility index (Phi) is 3.88. The fourth-order valence-electron chi connectivity index (χ4n) is 2.74. The molecule has 1 aromatic carbocycles. The van der Waals surface area contributed by atoms with Crippen LogP contribution in [-0.4, -0.2) is 22.2 Å². The molecule has 3 rings (SSSR count). The minimum absolute atomic E-state index is 0.131. The molecule has 0 aliphatic carbocycles. The zero-order valence-electron chi connectivity index (χ0n) is 13.2. The molecule has 0 saturated carbocycles. The number of para-hydroxylation sites is 1. The van der Waals surface area contributed by atoms with E-state index in [1.807, 2.05) is 25.1 Å². The number of rotatable bonds is 4. The molecule has 1 N–H and O–H groups in total. The maximum atomic E-state index is 6.05. The zero-order chi connectivity index (χ0) is 15.6. The number of nitrogens with zero attached hydrogens (tertiary/aromatic N) is 2. The average Bonchev–Trinajstić information content (AvgIpc) is 2.47. The quantitative estimate of drug-likeness (QED) is 0.935. The van der Waals surface area contributed by atoms with Gasteiger partial charge in [0.25, 0.3) is 0 Å². The van der Waals surface area contributed by atoms with Crippen LogP contribution in [0.15, 0.2) is 36.7 Å². The Bertz CT molecular complexity index is 658. The van der Waals surface area contributed by atoms with Gasteiger partial charge in [0.1, 0.15) is 17.2 Å². The average molecular weight is 299 g/mol. The van der Waals surface area contributed by atoms with E-state index in [0.717, 1.165) is 17.7 Å². The van der Waals surface area contributed by atoms with Crippen LogP contribution in [0.4, 0.5) is 5.82 Å². The topological polar surface area (TPSA) is 56.3 Å². The van der Waals surface area contributed by atoms with Gasteiger partial charge < -0.3 is 14.8 Å². The molecule has 2 aromatic rings. The molecule has 5 heteroatoms. The normalized spacial score (nSPS) is 19.0. The monoisotopic (exact) mass is 299 g/mol. The number of anilines is 1. The first kappa shape index (κ1) is 14.6. The lowest BCUT2D eigenvalue weighted by atomic mass is 9.90. The molecule has 5 nitrogen and oxygen atoms in total. The minimum Gasteiger partial charge on any atom is -0.487 e. The van der Waals surface area contributed by atoms with Crippen molar-refractivity contribution in [2.75, 3.05) is 11.9 Å². The van der Waals surface area contributed by atoms with Gasteiger partial charge in [-0.15, -0.1) is 0 Å². The van der Waals surface area contributed by atoms with E-state index in [4.69, 9.17) is 9.47 Å². The second kappa shape index (κ2) is 5.83. The largest absolute Gasteiger partial charge is 0.487 e. The van der Waals surface area contributed by atoms with Crippen molar-refractivity contribution < 1.29 is 9.47 Å². The molecular formula is C17H21N3O2. The molecule has 0 saturated heterocycles. The summed E-state index contributed by atoms with van der Waals surface area (Å²) in [6.45, 7) is 6.70. The van der Waals surface area contributed by atoms with Crippen LogP contribution in [0.3, 0.4) is 0 Å². The molecule has 0 radical (unpaired) electrons. The molecule has 1 atom stereocenters. The van der Waals surface area contributed by atoms with Gasteiger partial charge in [-0.1, -0.05) is 18.2 Å². The molecule has 22 heavy (non-hydrogen) atoms. The molecule has 0 fully saturated rings. The summed E-state index contributed by atoms with van der Waals surface area (Å²) in [7, 11) is 0. The first-order valence-corrected chi connectivity index (χ1v) is 7.57. The number of fused-ring (bicyclic) bond motifs is 1. The van der Waals surface area contributed by atoms with Crippen molar-refractivity contribution in [2.24, 2.45) is 0 Å². The lowest BCUT2D eigenvalue weighted by Crippen LogP contribution is -2.37. The van der Waals surface area contributed by atoms with E-state index in [1.54, 1.807) is 12.4 Å². The molecular weight excluding hydrogens is 278 g/mol. The molecule has 1 aliphatic heterocycles. The number of hydrogen-bond donors (Lipinski definition) is 1. The molecule has 0 spiro atoms. The molecule has 1 unspecified atom stereocenters. The van der Waals surface area contributed by atoms with Crippen molar-refractivity contribution in [3.63, 3.8) is 0 Å². The van der Waals surface area contributed by atoms with Gasteiger partial charge in [-0.25, -0.2) is 0 Å². The lowest BCUT2D eigenvalue weighted by molar-refractivity contribution is 0.0758.